The van der Waals surface area contributed by atoms with E-state index in [1.165, 1.54) is 6.07 Å². The van der Waals surface area contributed by atoms with Gasteiger partial charge in [0.1, 0.15) is 11.4 Å². The van der Waals surface area contributed by atoms with E-state index in [4.69, 9.17) is 0 Å². The largest absolute Gasteiger partial charge is 0.507 e. The lowest BCUT2D eigenvalue weighted by Gasteiger charge is -2.19. The summed E-state index contributed by atoms with van der Waals surface area (Å²) in [5.41, 5.74) is 0.735. The Labute approximate surface area is 133 Å². The first-order valence-electron chi connectivity index (χ1n) is 7.43. The van der Waals surface area contributed by atoms with Crippen LogP contribution in [0.4, 0.5) is 13.2 Å². The predicted molar refractivity (Wildman–Crippen MR) is 83.0 cm³/mol. The minimum atomic E-state index is -4.47. The third-order valence-electron chi connectivity index (χ3n) is 3.77. The SMILES string of the molecule is CCN(CC)Cc1cccc(-c2ccc(C(F)(F)F)nc2)c1O. The number of hydrogen-bond acceptors (Lipinski definition) is 3. The summed E-state index contributed by atoms with van der Waals surface area (Å²) in [6, 6.07) is 7.52. The summed E-state index contributed by atoms with van der Waals surface area (Å²) in [5.74, 6) is 0.0842. The van der Waals surface area contributed by atoms with Crippen LogP contribution in [0, 0.1) is 0 Å². The molecular weight excluding hydrogens is 305 g/mol. The Bertz CT molecular complexity index is 650. The molecule has 1 heterocycles. The van der Waals surface area contributed by atoms with Crippen LogP contribution in [-0.4, -0.2) is 28.1 Å². The van der Waals surface area contributed by atoms with Crippen molar-refractivity contribution in [3.8, 4) is 16.9 Å². The molecule has 0 fully saturated rings. The number of phenols is 1. The number of nitrogens with zero attached hydrogens (tertiary/aromatic N) is 2. The van der Waals surface area contributed by atoms with Crippen LogP contribution in [-0.2, 0) is 12.7 Å². The van der Waals surface area contributed by atoms with Gasteiger partial charge >= 0.3 is 6.18 Å². The number of aromatic hydroxyl groups is 1. The highest BCUT2D eigenvalue weighted by Crippen LogP contribution is 2.34. The molecule has 0 bridgehead atoms. The number of alkyl halides is 3. The molecule has 0 atom stereocenters. The lowest BCUT2D eigenvalue weighted by atomic mass is 10.0. The van der Waals surface area contributed by atoms with E-state index in [1.807, 2.05) is 19.9 Å². The Kier molecular flexibility index (Phi) is 5.26. The van der Waals surface area contributed by atoms with Gasteiger partial charge in [0.25, 0.3) is 0 Å². The van der Waals surface area contributed by atoms with Crippen molar-refractivity contribution in [3.05, 3.63) is 47.8 Å². The zero-order valence-electron chi connectivity index (χ0n) is 13.1. The van der Waals surface area contributed by atoms with E-state index >= 15 is 0 Å². The highest BCUT2D eigenvalue weighted by atomic mass is 19.4. The first-order chi connectivity index (χ1) is 10.9. The molecule has 0 aliphatic carbocycles. The van der Waals surface area contributed by atoms with Crippen LogP contribution in [0.3, 0.4) is 0 Å². The van der Waals surface area contributed by atoms with E-state index in [0.717, 1.165) is 30.9 Å². The quantitative estimate of drug-likeness (QED) is 0.890. The maximum Gasteiger partial charge on any atom is 0.433 e. The molecule has 124 valence electrons. The lowest BCUT2D eigenvalue weighted by molar-refractivity contribution is -0.141. The highest BCUT2D eigenvalue weighted by Gasteiger charge is 2.32. The van der Waals surface area contributed by atoms with Gasteiger partial charge in [0.2, 0.25) is 0 Å². The zero-order valence-corrected chi connectivity index (χ0v) is 13.1. The summed E-state index contributed by atoms with van der Waals surface area (Å²) < 4.78 is 37.7. The molecule has 2 rings (SSSR count). The second-order valence-corrected chi connectivity index (χ2v) is 5.20. The lowest BCUT2D eigenvalue weighted by Crippen LogP contribution is -2.22. The van der Waals surface area contributed by atoms with E-state index in [9.17, 15) is 18.3 Å². The van der Waals surface area contributed by atoms with Crippen molar-refractivity contribution >= 4 is 0 Å². The number of halogens is 3. The Morgan fingerprint density at radius 1 is 1.09 bits per heavy atom. The Balaban J connectivity index is 2.33. The van der Waals surface area contributed by atoms with Crippen LogP contribution in [0.2, 0.25) is 0 Å². The monoisotopic (exact) mass is 324 g/mol. The zero-order chi connectivity index (χ0) is 17.0. The third kappa shape index (κ3) is 4.01. The average molecular weight is 324 g/mol. The maximum absolute atomic E-state index is 12.6. The molecule has 1 aromatic carbocycles. The van der Waals surface area contributed by atoms with Gasteiger partial charge in [-0.3, -0.25) is 9.88 Å². The number of pyridine rings is 1. The fraction of sp³-hybridized carbons (Fsp3) is 0.353. The average Bonchev–Trinajstić information content (AvgIpc) is 2.53. The van der Waals surface area contributed by atoms with Crippen molar-refractivity contribution < 1.29 is 18.3 Å². The molecule has 0 unspecified atom stereocenters. The van der Waals surface area contributed by atoms with E-state index < -0.39 is 11.9 Å². The van der Waals surface area contributed by atoms with Gasteiger partial charge in [-0.2, -0.15) is 13.2 Å². The number of benzene rings is 1. The van der Waals surface area contributed by atoms with Gasteiger partial charge in [0.05, 0.1) is 0 Å². The second-order valence-electron chi connectivity index (χ2n) is 5.20. The Morgan fingerprint density at radius 3 is 2.30 bits per heavy atom. The molecule has 6 heteroatoms. The topological polar surface area (TPSA) is 36.4 Å². The van der Waals surface area contributed by atoms with Crippen LogP contribution in [0.1, 0.15) is 25.1 Å². The minimum Gasteiger partial charge on any atom is -0.507 e. The predicted octanol–water partition coefficient (Wildman–Crippen LogP) is 4.31. The molecule has 1 aromatic heterocycles. The first-order valence-corrected chi connectivity index (χ1v) is 7.43. The molecule has 0 spiro atoms. The van der Waals surface area contributed by atoms with Gasteiger partial charge in [-0.1, -0.05) is 38.1 Å². The fourth-order valence-corrected chi connectivity index (χ4v) is 2.36. The smallest absolute Gasteiger partial charge is 0.433 e. The summed E-state index contributed by atoms with van der Waals surface area (Å²) in [5, 5.41) is 10.4. The highest BCUT2D eigenvalue weighted by molar-refractivity contribution is 5.71. The third-order valence-corrected chi connectivity index (χ3v) is 3.77. The summed E-state index contributed by atoms with van der Waals surface area (Å²) in [6.07, 6.45) is -3.33. The van der Waals surface area contributed by atoms with Crippen LogP contribution in [0.25, 0.3) is 11.1 Å². The van der Waals surface area contributed by atoms with Gasteiger partial charge in [-0.05, 0) is 19.2 Å². The standard InChI is InChI=1S/C17H19F3N2O/c1-3-22(4-2)11-13-6-5-7-14(16(13)23)12-8-9-15(21-10-12)17(18,19)20/h5-10,23H,3-4,11H2,1-2H3. The molecule has 0 radical (unpaired) electrons. The number of phenolic OH excluding ortho intramolecular Hbond substituents is 1. The molecule has 0 aliphatic rings. The van der Waals surface area contributed by atoms with Crippen LogP contribution in [0.5, 0.6) is 5.75 Å². The van der Waals surface area contributed by atoms with E-state index in [2.05, 4.69) is 9.88 Å². The maximum atomic E-state index is 12.6. The molecular formula is C17H19F3N2O. The summed E-state index contributed by atoms with van der Waals surface area (Å²) >= 11 is 0. The van der Waals surface area contributed by atoms with Crippen molar-refractivity contribution in [2.75, 3.05) is 13.1 Å². The van der Waals surface area contributed by atoms with Crippen LogP contribution < -0.4 is 0 Å². The summed E-state index contributed by atoms with van der Waals surface area (Å²) in [7, 11) is 0. The second kappa shape index (κ2) is 7.00. The number of aromatic nitrogens is 1. The van der Waals surface area contributed by atoms with Crippen molar-refractivity contribution in [2.45, 2.75) is 26.6 Å². The molecule has 1 N–H and O–H groups in total. The molecule has 0 saturated carbocycles. The minimum absolute atomic E-state index is 0.0842. The van der Waals surface area contributed by atoms with Gasteiger partial charge in [-0.25, -0.2) is 0 Å². The molecule has 3 nitrogen and oxygen atoms in total. The van der Waals surface area contributed by atoms with Crippen molar-refractivity contribution in [3.63, 3.8) is 0 Å². The Hall–Kier alpha value is -2.08. The summed E-state index contributed by atoms with van der Waals surface area (Å²) in [6.45, 7) is 6.35. The van der Waals surface area contributed by atoms with Crippen molar-refractivity contribution in [2.24, 2.45) is 0 Å². The van der Waals surface area contributed by atoms with E-state index in [0.29, 0.717) is 17.7 Å². The van der Waals surface area contributed by atoms with Crippen molar-refractivity contribution in [1.82, 2.24) is 9.88 Å². The van der Waals surface area contributed by atoms with Crippen LogP contribution >= 0.6 is 0 Å². The van der Waals surface area contributed by atoms with Gasteiger partial charge in [-0.15, -0.1) is 0 Å². The fourth-order valence-electron chi connectivity index (χ4n) is 2.36. The normalized spacial score (nSPS) is 11.9. The molecule has 0 aliphatic heterocycles. The first kappa shape index (κ1) is 17.3. The number of rotatable bonds is 5. The van der Waals surface area contributed by atoms with E-state index in [1.54, 1.807) is 12.1 Å². The molecule has 2 aromatic rings. The van der Waals surface area contributed by atoms with Crippen LogP contribution in [0.15, 0.2) is 36.5 Å². The van der Waals surface area contributed by atoms with Crippen molar-refractivity contribution in [1.29, 1.82) is 0 Å². The molecule has 23 heavy (non-hydrogen) atoms. The molecule has 0 saturated heterocycles. The number of para-hydroxylation sites is 1. The Morgan fingerprint density at radius 2 is 1.78 bits per heavy atom. The van der Waals surface area contributed by atoms with Gasteiger partial charge in [0, 0.05) is 29.4 Å². The van der Waals surface area contributed by atoms with E-state index in [-0.39, 0.29) is 5.75 Å². The molecule has 0 amide bonds. The van der Waals surface area contributed by atoms with Gasteiger partial charge in [0.15, 0.2) is 0 Å². The summed E-state index contributed by atoms with van der Waals surface area (Å²) in [4.78, 5) is 5.59. The number of hydrogen-bond donors (Lipinski definition) is 1. The van der Waals surface area contributed by atoms with Gasteiger partial charge < -0.3 is 5.11 Å².